The number of ether oxygens (including phenoxy) is 1. The fourth-order valence-corrected chi connectivity index (χ4v) is 4.89. The molecule has 2 heterocycles. The lowest BCUT2D eigenvalue weighted by atomic mass is 9.98. The third kappa shape index (κ3) is 8.26. The van der Waals surface area contributed by atoms with Crippen molar-refractivity contribution in [2.24, 2.45) is 11.8 Å². The van der Waals surface area contributed by atoms with Gasteiger partial charge in [0.05, 0.1) is 18.7 Å². The van der Waals surface area contributed by atoms with Crippen molar-refractivity contribution in [3.8, 4) is 0 Å². The van der Waals surface area contributed by atoms with Gasteiger partial charge in [0, 0.05) is 19.5 Å². The molecule has 1 unspecified atom stereocenters. The van der Waals surface area contributed by atoms with E-state index in [2.05, 4.69) is 29.4 Å². The molecule has 2 rings (SSSR count). The molecule has 1 saturated heterocycles. The number of amides is 2. The summed E-state index contributed by atoms with van der Waals surface area (Å²) >= 11 is 1.38. The molecular weight excluding hydrogens is 414 g/mol. The highest BCUT2D eigenvalue weighted by Gasteiger charge is 2.25. The Morgan fingerprint density at radius 2 is 2.03 bits per heavy atom. The second-order valence-electron chi connectivity index (χ2n) is 8.63. The van der Waals surface area contributed by atoms with Crippen LogP contribution in [0.25, 0.3) is 0 Å². The largest absolute Gasteiger partial charge is 0.462 e. The second kappa shape index (κ2) is 12.8. The standard InChI is InChI=1S/C23H37N3O4S/c1-5-8-19(27)24-12-17-9-7-10-26(13-17)14-20(28)25-22-21(23(29)30-6-2)18(15-31-22)11-16(3)4/h15-17H,5-14H2,1-4H3,(H,24,27)(H,25,28). The van der Waals surface area contributed by atoms with E-state index < -0.39 is 0 Å². The van der Waals surface area contributed by atoms with Crippen molar-refractivity contribution in [2.75, 3.05) is 38.1 Å². The van der Waals surface area contributed by atoms with E-state index in [9.17, 15) is 14.4 Å². The van der Waals surface area contributed by atoms with Crippen LogP contribution in [-0.4, -0.2) is 55.5 Å². The van der Waals surface area contributed by atoms with Gasteiger partial charge in [-0.25, -0.2) is 4.79 Å². The monoisotopic (exact) mass is 451 g/mol. The van der Waals surface area contributed by atoms with Crippen LogP contribution in [0, 0.1) is 11.8 Å². The number of anilines is 1. The third-order valence-electron chi connectivity index (χ3n) is 5.26. The van der Waals surface area contributed by atoms with Crippen LogP contribution in [0.1, 0.15) is 69.3 Å². The van der Waals surface area contributed by atoms with E-state index >= 15 is 0 Å². The SMILES string of the molecule is CCCC(=O)NCC1CCCN(CC(=O)Nc2scc(CC(C)C)c2C(=O)OCC)C1. The molecule has 1 aliphatic rings. The van der Waals surface area contributed by atoms with Crippen LogP contribution in [0.4, 0.5) is 5.00 Å². The highest BCUT2D eigenvalue weighted by atomic mass is 32.1. The zero-order chi connectivity index (χ0) is 22.8. The molecule has 0 radical (unpaired) electrons. The Bertz CT molecular complexity index is 747. The molecule has 2 amide bonds. The van der Waals surface area contributed by atoms with Crippen molar-refractivity contribution in [2.45, 2.75) is 59.8 Å². The number of nitrogens with one attached hydrogen (secondary N) is 2. The van der Waals surface area contributed by atoms with Crippen LogP contribution < -0.4 is 10.6 Å². The van der Waals surface area contributed by atoms with Crippen molar-refractivity contribution in [3.63, 3.8) is 0 Å². The van der Waals surface area contributed by atoms with Crippen LogP contribution in [0.5, 0.6) is 0 Å². The van der Waals surface area contributed by atoms with Gasteiger partial charge in [-0.15, -0.1) is 11.3 Å². The Morgan fingerprint density at radius 3 is 2.71 bits per heavy atom. The summed E-state index contributed by atoms with van der Waals surface area (Å²) in [7, 11) is 0. The normalized spacial score (nSPS) is 16.9. The Kier molecular flexibility index (Phi) is 10.5. The van der Waals surface area contributed by atoms with E-state index in [1.807, 2.05) is 12.3 Å². The van der Waals surface area contributed by atoms with Crippen LogP contribution >= 0.6 is 11.3 Å². The van der Waals surface area contributed by atoms with Crippen LogP contribution in [0.15, 0.2) is 5.38 Å². The number of carbonyl (C=O) groups is 3. The smallest absolute Gasteiger partial charge is 0.341 e. The van der Waals surface area contributed by atoms with Gasteiger partial charge in [-0.05, 0) is 61.9 Å². The van der Waals surface area contributed by atoms with Crippen molar-refractivity contribution >= 4 is 34.1 Å². The third-order valence-corrected chi connectivity index (χ3v) is 6.21. The fraction of sp³-hybridized carbons (Fsp3) is 0.696. The molecule has 2 N–H and O–H groups in total. The Labute approximate surface area is 189 Å². The van der Waals surface area contributed by atoms with Gasteiger partial charge in [-0.3, -0.25) is 14.5 Å². The molecular formula is C23H37N3O4S. The van der Waals surface area contributed by atoms with Crippen LogP contribution in [0.2, 0.25) is 0 Å². The first-order valence-electron chi connectivity index (χ1n) is 11.4. The number of hydrogen-bond acceptors (Lipinski definition) is 6. The molecule has 0 aliphatic carbocycles. The van der Waals surface area contributed by atoms with Gasteiger partial charge in [0.1, 0.15) is 5.00 Å². The summed E-state index contributed by atoms with van der Waals surface area (Å²) in [6.07, 6.45) is 4.23. The van der Waals surface area contributed by atoms with Gasteiger partial charge >= 0.3 is 5.97 Å². The highest BCUT2D eigenvalue weighted by Crippen LogP contribution is 2.31. The molecule has 1 aromatic rings. The predicted molar refractivity (Wildman–Crippen MR) is 125 cm³/mol. The molecule has 0 spiro atoms. The molecule has 7 nitrogen and oxygen atoms in total. The number of rotatable bonds is 11. The molecule has 1 fully saturated rings. The predicted octanol–water partition coefficient (Wildman–Crippen LogP) is 3.69. The average Bonchev–Trinajstić information content (AvgIpc) is 3.08. The molecule has 31 heavy (non-hydrogen) atoms. The quantitative estimate of drug-likeness (QED) is 0.501. The van der Waals surface area contributed by atoms with Gasteiger partial charge in [-0.2, -0.15) is 0 Å². The van der Waals surface area contributed by atoms with E-state index in [1.165, 1.54) is 11.3 Å². The van der Waals surface area contributed by atoms with Gasteiger partial charge in [0.2, 0.25) is 11.8 Å². The summed E-state index contributed by atoms with van der Waals surface area (Å²) in [6, 6.07) is 0. The minimum Gasteiger partial charge on any atom is -0.462 e. The number of esters is 1. The minimum absolute atomic E-state index is 0.0961. The molecule has 0 aromatic carbocycles. The number of likely N-dealkylation sites (tertiary alicyclic amines) is 1. The zero-order valence-electron chi connectivity index (χ0n) is 19.3. The number of thiophene rings is 1. The van der Waals surface area contributed by atoms with Gasteiger partial charge in [0.15, 0.2) is 0 Å². The topological polar surface area (TPSA) is 87.7 Å². The zero-order valence-corrected chi connectivity index (χ0v) is 20.1. The summed E-state index contributed by atoms with van der Waals surface area (Å²) in [5, 5.41) is 8.45. The van der Waals surface area contributed by atoms with E-state index in [-0.39, 0.29) is 24.3 Å². The lowest BCUT2D eigenvalue weighted by Gasteiger charge is -2.32. The van der Waals surface area contributed by atoms with Crippen molar-refractivity contribution in [1.82, 2.24) is 10.2 Å². The minimum atomic E-state index is -0.379. The fourth-order valence-electron chi connectivity index (χ4n) is 3.91. The van der Waals surface area contributed by atoms with Gasteiger partial charge < -0.3 is 15.4 Å². The number of carbonyl (C=O) groups excluding carboxylic acids is 3. The lowest BCUT2D eigenvalue weighted by molar-refractivity contribution is -0.121. The summed E-state index contributed by atoms with van der Waals surface area (Å²) < 4.78 is 5.23. The highest BCUT2D eigenvalue weighted by molar-refractivity contribution is 7.15. The molecule has 174 valence electrons. The average molecular weight is 452 g/mol. The first-order chi connectivity index (χ1) is 14.8. The van der Waals surface area contributed by atoms with Crippen molar-refractivity contribution in [3.05, 3.63) is 16.5 Å². The second-order valence-corrected chi connectivity index (χ2v) is 9.51. The maximum Gasteiger partial charge on any atom is 0.341 e. The summed E-state index contributed by atoms with van der Waals surface area (Å²) in [5.41, 5.74) is 1.42. The molecule has 1 atom stereocenters. The maximum atomic E-state index is 12.7. The van der Waals surface area contributed by atoms with Crippen LogP contribution in [0.3, 0.4) is 0 Å². The molecule has 1 aromatic heterocycles. The van der Waals surface area contributed by atoms with E-state index in [1.54, 1.807) is 6.92 Å². The van der Waals surface area contributed by atoms with Crippen molar-refractivity contribution in [1.29, 1.82) is 0 Å². The first kappa shape index (κ1) is 25.3. The maximum absolute atomic E-state index is 12.7. The molecule has 8 heteroatoms. The molecule has 0 saturated carbocycles. The first-order valence-corrected chi connectivity index (χ1v) is 12.3. The Balaban J connectivity index is 1.95. The lowest BCUT2D eigenvalue weighted by Crippen LogP contribution is -2.43. The summed E-state index contributed by atoms with van der Waals surface area (Å²) in [4.78, 5) is 39.1. The summed E-state index contributed by atoms with van der Waals surface area (Å²) in [6.45, 7) is 10.9. The van der Waals surface area contributed by atoms with Crippen LogP contribution in [-0.2, 0) is 20.7 Å². The Morgan fingerprint density at radius 1 is 1.26 bits per heavy atom. The number of nitrogens with zero attached hydrogens (tertiary/aromatic N) is 1. The molecule has 1 aliphatic heterocycles. The number of piperidine rings is 1. The molecule has 0 bridgehead atoms. The van der Waals surface area contributed by atoms with E-state index in [0.29, 0.717) is 42.0 Å². The van der Waals surface area contributed by atoms with Crippen molar-refractivity contribution < 1.29 is 19.1 Å². The van der Waals surface area contributed by atoms with Gasteiger partial charge in [-0.1, -0.05) is 20.8 Å². The van der Waals surface area contributed by atoms with Gasteiger partial charge in [0.25, 0.3) is 0 Å². The Hall–Kier alpha value is -1.93. The van der Waals surface area contributed by atoms with E-state index in [4.69, 9.17) is 4.74 Å². The summed E-state index contributed by atoms with van der Waals surface area (Å²) in [5.74, 6) is 0.347. The van der Waals surface area contributed by atoms with E-state index in [0.717, 1.165) is 44.3 Å². The number of hydrogen-bond donors (Lipinski definition) is 2.